The minimum absolute atomic E-state index is 0.0654. The molecule has 2 aromatic carbocycles. The molecule has 2 aromatic rings. The Balaban J connectivity index is 2.46. The molecule has 2 N–H and O–H groups in total. The predicted molar refractivity (Wildman–Crippen MR) is 76.3 cm³/mol. The van der Waals surface area contributed by atoms with Gasteiger partial charge in [-0.3, -0.25) is 0 Å². The first kappa shape index (κ1) is 13.5. The molecule has 1 nitrogen and oxygen atoms in total. The maximum absolute atomic E-state index is 14.1. The Labute approximate surface area is 119 Å². The van der Waals surface area contributed by atoms with E-state index in [0.29, 0.717) is 10.0 Å². The third-order valence-electron chi connectivity index (χ3n) is 2.80. The number of nitrogens with two attached hydrogens (primary N) is 1. The lowest BCUT2D eigenvalue weighted by molar-refractivity contribution is 0.599. The van der Waals surface area contributed by atoms with Crippen LogP contribution in [-0.4, -0.2) is 0 Å². The van der Waals surface area contributed by atoms with Gasteiger partial charge in [-0.15, -0.1) is 0 Å². The molecule has 0 spiro atoms. The summed E-state index contributed by atoms with van der Waals surface area (Å²) >= 11 is 9.05. The highest BCUT2D eigenvalue weighted by Gasteiger charge is 2.17. The fourth-order valence-electron chi connectivity index (χ4n) is 1.82. The second kappa shape index (κ2) is 5.39. The van der Waals surface area contributed by atoms with Crippen LogP contribution < -0.4 is 5.73 Å². The fourth-order valence-corrected chi connectivity index (χ4v) is 2.30. The van der Waals surface area contributed by atoms with Crippen LogP contribution in [0.4, 0.5) is 4.39 Å². The minimum atomic E-state index is -0.518. The molecule has 0 aliphatic heterocycles. The summed E-state index contributed by atoms with van der Waals surface area (Å²) in [5, 5.41) is 0.0654. The molecule has 18 heavy (non-hydrogen) atoms. The van der Waals surface area contributed by atoms with Crippen molar-refractivity contribution in [2.45, 2.75) is 13.0 Å². The summed E-state index contributed by atoms with van der Waals surface area (Å²) in [5.74, 6) is -0.472. The van der Waals surface area contributed by atoms with Gasteiger partial charge in [0.1, 0.15) is 5.82 Å². The van der Waals surface area contributed by atoms with Gasteiger partial charge in [-0.1, -0.05) is 47.5 Å². The predicted octanol–water partition coefficient (Wildman–Crippen LogP) is 4.60. The van der Waals surface area contributed by atoms with Crippen molar-refractivity contribution in [3.05, 3.63) is 68.4 Å². The Hall–Kier alpha value is -0.900. The maximum atomic E-state index is 14.1. The summed E-state index contributed by atoms with van der Waals surface area (Å²) in [6.45, 7) is 1.97. The van der Waals surface area contributed by atoms with Crippen molar-refractivity contribution in [3.8, 4) is 0 Å². The molecular weight excluding hydrogens is 317 g/mol. The van der Waals surface area contributed by atoms with E-state index in [-0.39, 0.29) is 5.02 Å². The third kappa shape index (κ3) is 2.58. The van der Waals surface area contributed by atoms with Gasteiger partial charge >= 0.3 is 0 Å². The first-order valence-electron chi connectivity index (χ1n) is 5.46. The van der Waals surface area contributed by atoms with Crippen LogP contribution in [0.3, 0.4) is 0 Å². The van der Waals surface area contributed by atoms with E-state index in [1.807, 2.05) is 31.2 Å². The van der Waals surface area contributed by atoms with Crippen LogP contribution in [0.15, 0.2) is 40.9 Å². The molecule has 0 heterocycles. The lowest BCUT2D eigenvalue weighted by Gasteiger charge is -2.15. The zero-order valence-electron chi connectivity index (χ0n) is 9.75. The van der Waals surface area contributed by atoms with Crippen molar-refractivity contribution in [1.29, 1.82) is 0 Å². The van der Waals surface area contributed by atoms with Crippen molar-refractivity contribution in [3.63, 3.8) is 0 Å². The van der Waals surface area contributed by atoms with Crippen molar-refractivity contribution in [1.82, 2.24) is 0 Å². The molecule has 0 amide bonds. The Morgan fingerprint density at radius 1 is 1.28 bits per heavy atom. The summed E-state index contributed by atoms with van der Waals surface area (Å²) in [4.78, 5) is 0. The number of rotatable bonds is 2. The van der Waals surface area contributed by atoms with Gasteiger partial charge < -0.3 is 5.73 Å². The van der Waals surface area contributed by atoms with Gasteiger partial charge in [-0.2, -0.15) is 0 Å². The van der Waals surface area contributed by atoms with E-state index >= 15 is 0 Å². The molecule has 94 valence electrons. The van der Waals surface area contributed by atoms with Crippen LogP contribution in [0, 0.1) is 12.7 Å². The van der Waals surface area contributed by atoms with Gasteiger partial charge in [0, 0.05) is 10.0 Å². The summed E-state index contributed by atoms with van der Waals surface area (Å²) in [6.07, 6.45) is 0. The Bertz CT molecular complexity index is 586. The molecule has 2 rings (SSSR count). The van der Waals surface area contributed by atoms with E-state index in [0.717, 1.165) is 11.1 Å². The van der Waals surface area contributed by atoms with Gasteiger partial charge in [-0.25, -0.2) is 4.39 Å². The van der Waals surface area contributed by atoms with E-state index < -0.39 is 11.9 Å². The van der Waals surface area contributed by atoms with Crippen LogP contribution in [0.2, 0.25) is 5.02 Å². The van der Waals surface area contributed by atoms with E-state index in [9.17, 15) is 4.39 Å². The first-order chi connectivity index (χ1) is 8.50. The van der Waals surface area contributed by atoms with Gasteiger partial charge in [0.15, 0.2) is 0 Å². The molecule has 1 atom stereocenters. The number of hydrogen-bond donors (Lipinski definition) is 1. The molecule has 0 aromatic heterocycles. The van der Waals surface area contributed by atoms with E-state index in [4.69, 9.17) is 17.3 Å². The van der Waals surface area contributed by atoms with Crippen LogP contribution in [0.1, 0.15) is 22.7 Å². The second-order valence-electron chi connectivity index (χ2n) is 4.16. The number of benzene rings is 2. The SMILES string of the molecule is Cc1cccc(C(N)c2ccc(Br)c(Cl)c2F)c1. The maximum Gasteiger partial charge on any atom is 0.148 e. The zero-order valence-corrected chi connectivity index (χ0v) is 12.1. The van der Waals surface area contributed by atoms with Crippen molar-refractivity contribution < 1.29 is 4.39 Å². The number of halogens is 3. The van der Waals surface area contributed by atoms with Crippen molar-refractivity contribution in [2.24, 2.45) is 5.73 Å². The quantitative estimate of drug-likeness (QED) is 0.801. The summed E-state index contributed by atoms with van der Waals surface area (Å²) < 4.78 is 14.6. The minimum Gasteiger partial charge on any atom is -0.320 e. The molecule has 0 radical (unpaired) electrons. The molecule has 1 unspecified atom stereocenters. The number of hydrogen-bond acceptors (Lipinski definition) is 1. The zero-order chi connectivity index (χ0) is 13.3. The van der Waals surface area contributed by atoms with Crippen LogP contribution >= 0.6 is 27.5 Å². The number of aryl methyl sites for hydroxylation is 1. The van der Waals surface area contributed by atoms with Crippen molar-refractivity contribution >= 4 is 27.5 Å². The lowest BCUT2D eigenvalue weighted by Crippen LogP contribution is -2.14. The normalized spacial score (nSPS) is 12.5. The Kier molecular flexibility index (Phi) is 4.05. The van der Waals surface area contributed by atoms with E-state index in [2.05, 4.69) is 15.9 Å². The molecule has 0 saturated heterocycles. The summed E-state index contributed by atoms with van der Waals surface area (Å²) in [7, 11) is 0. The molecule has 0 fully saturated rings. The largest absolute Gasteiger partial charge is 0.320 e. The summed E-state index contributed by atoms with van der Waals surface area (Å²) in [6, 6.07) is 10.5. The van der Waals surface area contributed by atoms with Crippen LogP contribution in [0.25, 0.3) is 0 Å². The average Bonchev–Trinajstić information content (AvgIpc) is 2.35. The van der Waals surface area contributed by atoms with Crippen molar-refractivity contribution in [2.75, 3.05) is 0 Å². The first-order valence-corrected chi connectivity index (χ1v) is 6.63. The van der Waals surface area contributed by atoms with Crippen LogP contribution in [0.5, 0.6) is 0 Å². The molecule has 0 aliphatic rings. The van der Waals surface area contributed by atoms with Gasteiger partial charge in [-0.05, 0) is 34.5 Å². The van der Waals surface area contributed by atoms with E-state index in [1.54, 1.807) is 12.1 Å². The lowest BCUT2D eigenvalue weighted by atomic mass is 9.98. The summed E-state index contributed by atoms with van der Waals surface area (Å²) in [5.41, 5.74) is 8.45. The fraction of sp³-hybridized carbons (Fsp3) is 0.143. The van der Waals surface area contributed by atoms with E-state index in [1.165, 1.54) is 0 Å². The van der Waals surface area contributed by atoms with Gasteiger partial charge in [0.2, 0.25) is 0 Å². The molecule has 0 bridgehead atoms. The molecule has 0 aliphatic carbocycles. The highest BCUT2D eigenvalue weighted by molar-refractivity contribution is 9.10. The van der Waals surface area contributed by atoms with Gasteiger partial charge in [0.05, 0.1) is 11.1 Å². The average molecular weight is 329 g/mol. The Morgan fingerprint density at radius 2 is 2.00 bits per heavy atom. The molecule has 4 heteroatoms. The Morgan fingerprint density at radius 3 is 2.67 bits per heavy atom. The molecular formula is C14H12BrClFN. The second-order valence-corrected chi connectivity index (χ2v) is 5.39. The topological polar surface area (TPSA) is 26.0 Å². The smallest absolute Gasteiger partial charge is 0.148 e. The monoisotopic (exact) mass is 327 g/mol. The highest BCUT2D eigenvalue weighted by Crippen LogP contribution is 2.31. The molecule has 0 saturated carbocycles. The highest BCUT2D eigenvalue weighted by atomic mass is 79.9. The van der Waals surface area contributed by atoms with Crippen LogP contribution in [-0.2, 0) is 0 Å². The van der Waals surface area contributed by atoms with Gasteiger partial charge in [0.25, 0.3) is 0 Å². The third-order valence-corrected chi connectivity index (χ3v) is 4.06. The standard InChI is InChI=1S/C14H12BrClFN/c1-8-3-2-4-9(7-8)14(18)10-5-6-11(15)12(16)13(10)17/h2-7,14H,18H2,1H3.